The van der Waals surface area contributed by atoms with Gasteiger partial charge >= 0.3 is 0 Å². The quantitative estimate of drug-likeness (QED) is 0.705. The molecular weight excluding hydrogens is 150 g/mol. The molecule has 1 fully saturated rings. The standard InChI is InChI=1S/C10H21NO/c1-4-8(11)7-9-5-6-10(2,3)12-9/h8-9H,4-7,11H2,1-3H3. The van der Waals surface area contributed by atoms with Crippen molar-refractivity contribution in [3.63, 3.8) is 0 Å². The molecule has 0 aliphatic carbocycles. The Labute approximate surface area is 75.5 Å². The van der Waals surface area contributed by atoms with Crippen molar-refractivity contribution in [2.75, 3.05) is 0 Å². The van der Waals surface area contributed by atoms with Crippen molar-refractivity contribution in [2.24, 2.45) is 5.73 Å². The lowest BCUT2D eigenvalue weighted by molar-refractivity contribution is -0.0207. The van der Waals surface area contributed by atoms with Gasteiger partial charge in [-0.15, -0.1) is 0 Å². The Kier molecular flexibility index (Phi) is 3.13. The summed E-state index contributed by atoms with van der Waals surface area (Å²) in [7, 11) is 0. The van der Waals surface area contributed by atoms with Gasteiger partial charge in [-0.3, -0.25) is 0 Å². The Hall–Kier alpha value is -0.0800. The molecule has 1 rings (SSSR count). The first-order valence-corrected chi connectivity index (χ1v) is 4.97. The van der Waals surface area contributed by atoms with Crippen LogP contribution in [0.3, 0.4) is 0 Å². The highest BCUT2D eigenvalue weighted by Crippen LogP contribution is 2.31. The van der Waals surface area contributed by atoms with Gasteiger partial charge in [0, 0.05) is 6.04 Å². The van der Waals surface area contributed by atoms with Crippen LogP contribution in [0.1, 0.15) is 46.5 Å². The van der Waals surface area contributed by atoms with Gasteiger partial charge in [-0.2, -0.15) is 0 Å². The average Bonchev–Trinajstić information content (AvgIpc) is 2.30. The molecule has 2 unspecified atom stereocenters. The number of ether oxygens (including phenoxy) is 1. The zero-order valence-electron chi connectivity index (χ0n) is 8.47. The zero-order chi connectivity index (χ0) is 9.19. The van der Waals surface area contributed by atoms with E-state index in [4.69, 9.17) is 10.5 Å². The molecule has 2 atom stereocenters. The highest BCUT2D eigenvalue weighted by molar-refractivity contribution is 4.82. The Morgan fingerprint density at radius 1 is 1.58 bits per heavy atom. The fourth-order valence-electron chi connectivity index (χ4n) is 1.75. The van der Waals surface area contributed by atoms with Gasteiger partial charge in [0.25, 0.3) is 0 Å². The molecule has 0 aromatic heterocycles. The molecule has 0 aromatic carbocycles. The second kappa shape index (κ2) is 3.75. The molecule has 1 heterocycles. The number of hydrogen-bond donors (Lipinski definition) is 1. The van der Waals surface area contributed by atoms with Gasteiger partial charge < -0.3 is 10.5 Å². The largest absolute Gasteiger partial charge is 0.372 e. The Balaban J connectivity index is 2.28. The molecule has 72 valence electrons. The zero-order valence-corrected chi connectivity index (χ0v) is 8.47. The first-order valence-electron chi connectivity index (χ1n) is 4.97. The van der Waals surface area contributed by atoms with Gasteiger partial charge in [0.05, 0.1) is 11.7 Å². The highest BCUT2D eigenvalue weighted by atomic mass is 16.5. The van der Waals surface area contributed by atoms with Crippen LogP contribution in [0.2, 0.25) is 0 Å². The van der Waals surface area contributed by atoms with Crippen molar-refractivity contribution in [2.45, 2.75) is 64.2 Å². The summed E-state index contributed by atoms with van der Waals surface area (Å²) in [5, 5.41) is 0. The highest BCUT2D eigenvalue weighted by Gasteiger charge is 2.31. The van der Waals surface area contributed by atoms with Crippen LogP contribution in [0, 0.1) is 0 Å². The van der Waals surface area contributed by atoms with Gasteiger partial charge in [-0.1, -0.05) is 6.92 Å². The lowest BCUT2D eigenvalue weighted by atomic mass is 10.0. The van der Waals surface area contributed by atoms with Crippen LogP contribution in [-0.2, 0) is 4.74 Å². The van der Waals surface area contributed by atoms with Crippen LogP contribution in [0.5, 0.6) is 0 Å². The fourth-order valence-corrected chi connectivity index (χ4v) is 1.75. The summed E-state index contributed by atoms with van der Waals surface area (Å²) in [6, 6.07) is 0.323. The van der Waals surface area contributed by atoms with Crippen LogP contribution in [0.25, 0.3) is 0 Å². The van der Waals surface area contributed by atoms with Crippen molar-refractivity contribution < 1.29 is 4.74 Å². The van der Waals surface area contributed by atoms with Crippen molar-refractivity contribution >= 4 is 0 Å². The summed E-state index contributed by atoms with van der Waals surface area (Å²) in [4.78, 5) is 0. The molecule has 1 aliphatic heterocycles. The maximum absolute atomic E-state index is 5.86. The van der Waals surface area contributed by atoms with Crippen LogP contribution in [0.4, 0.5) is 0 Å². The van der Waals surface area contributed by atoms with Crippen molar-refractivity contribution in [1.29, 1.82) is 0 Å². The minimum atomic E-state index is 0.0954. The maximum Gasteiger partial charge on any atom is 0.0631 e. The first-order chi connectivity index (χ1) is 5.53. The Morgan fingerprint density at radius 3 is 2.67 bits per heavy atom. The molecular formula is C10H21NO. The van der Waals surface area contributed by atoms with Crippen molar-refractivity contribution in [1.82, 2.24) is 0 Å². The lowest BCUT2D eigenvalue weighted by Crippen LogP contribution is -2.27. The molecule has 0 radical (unpaired) electrons. The summed E-state index contributed by atoms with van der Waals surface area (Å²) < 4.78 is 5.84. The molecule has 0 bridgehead atoms. The number of nitrogens with two attached hydrogens (primary N) is 1. The van der Waals surface area contributed by atoms with Crippen LogP contribution in [-0.4, -0.2) is 17.7 Å². The average molecular weight is 171 g/mol. The maximum atomic E-state index is 5.86. The van der Waals surface area contributed by atoms with E-state index in [1.54, 1.807) is 0 Å². The van der Waals surface area contributed by atoms with Crippen LogP contribution < -0.4 is 5.73 Å². The van der Waals surface area contributed by atoms with Crippen LogP contribution in [0.15, 0.2) is 0 Å². The Morgan fingerprint density at radius 2 is 2.25 bits per heavy atom. The molecule has 0 saturated carbocycles. The third-order valence-electron chi connectivity index (χ3n) is 2.64. The normalized spacial score (nSPS) is 30.5. The monoisotopic (exact) mass is 171 g/mol. The van der Waals surface area contributed by atoms with E-state index in [1.165, 1.54) is 12.8 Å². The molecule has 2 heteroatoms. The third-order valence-corrected chi connectivity index (χ3v) is 2.64. The van der Waals surface area contributed by atoms with E-state index < -0.39 is 0 Å². The third kappa shape index (κ3) is 2.76. The SMILES string of the molecule is CCC(N)CC1CCC(C)(C)O1. The summed E-state index contributed by atoms with van der Waals surface area (Å²) in [5.41, 5.74) is 5.96. The minimum absolute atomic E-state index is 0.0954. The topological polar surface area (TPSA) is 35.2 Å². The molecule has 1 saturated heterocycles. The van der Waals surface area contributed by atoms with E-state index in [-0.39, 0.29) is 5.60 Å². The number of rotatable bonds is 3. The van der Waals surface area contributed by atoms with E-state index in [0.29, 0.717) is 12.1 Å². The molecule has 0 amide bonds. The van der Waals surface area contributed by atoms with E-state index >= 15 is 0 Å². The molecule has 12 heavy (non-hydrogen) atoms. The van der Waals surface area contributed by atoms with E-state index in [0.717, 1.165) is 12.8 Å². The molecule has 0 aromatic rings. The van der Waals surface area contributed by atoms with Crippen molar-refractivity contribution in [3.8, 4) is 0 Å². The summed E-state index contributed by atoms with van der Waals surface area (Å²) >= 11 is 0. The fraction of sp³-hybridized carbons (Fsp3) is 1.00. The Bertz CT molecular complexity index is 145. The molecule has 1 aliphatic rings. The molecule has 0 spiro atoms. The first kappa shape index (κ1) is 10.0. The van der Waals surface area contributed by atoms with Gasteiger partial charge in [0.1, 0.15) is 0 Å². The smallest absolute Gasteiger partial charge is 0.0631 e. The predicted octanol–water partition coefficient (Wildman–Crippen LogP) is 2.07. The molecule has 2 nitrogen and oxygen atoms in total. The summed E-state index contributed by atoms with van der Waals surface area (Å²) in [6.45, 7) is 6.44. The predicted molar refractivity (Wildman–Crippen MR) is 51.1 cm³/mol. The number of hydrogen-bond acceptors (Lipinski definition) is 2. The summed E-state index contributed by atoms with van der Waals surface area (Å²) in [5.74, 6) is 0. The van der Waals surface area contributed by atoms with Gasteiger partial charge in [-0.05, 0) is 39.5 Å². The van der Waals surface area contributed by atoms with Crippen LogP contribution >= 0.6 is 0 Å². The van der Waals surface area contributed by atoms with E-state index in [9.17, 15) is 0 Å². The van der Waals surface area contributed by atoms with Gasteiger partial charge in [0.2, 0.25) is 0 Å². The molecule has 2 N–H and O–H groups in total. The van der Waals surface area contributed by atoms with Crippen molar-refractivity contribution in [3.05, 3.63) is 0 Å². The van der Waals surface area contributed by atoms with E-state index in [1.807, 2.05) is 0 Å². The minimum Gasteiger partial charge on any atom is -0.372 e. The van der Waals surface area contributed by atoms with E-state index in [2.05, 4.69) is 20.8 Å². The van der Waals surface area contributed by atoms with Gasteiger partial charge in [0.15, 0.2) is 0 Å². The second-order valence-corrected chi connectivity index (χ2v) is 4.44. The van der Waals surface area contributed by atoms with Gasteiger partial charge in [-0.25, -0.2) is 0 Å². The second-order valence-electron chi connectivity index (χ2n) is 4.44. The lowest BCUT2D eigenvalue weighted by Gasteiger charge is -2.20. The summed E-state index contributed by atoms with van der Waals surface area (Å²) in [6.07, 6.45) is 4.85.